The van der Waals surface area contributed by atoms with E-state index in [-0.39, 0.29) is 35.3 Å². The van der Waals surface area contributed by atoms with Gasteiger partial charge in [-0.2, -0.15) is 0 Å². The van der Waals surface area contributed by atoms with Crippen molar-refractivity contribution in [3.8, 4) is 11.1 Å². The van der Waals surface area contributed by atoms with Crippen LogP contribution in [0.15, 0.2) is 70.5 Å². The van der Waals surface area contributed by atoms with E-state index < -0.39 is 41.0 Å². The molecule has 2 aromatic heterocycles. The van der Waals surface area contributed by atoms with E-state index >= 15 is 0 Å². The van der Waals surface area contributed by atoms with E-state index in [1.807, 2.05) is 18.2 Å². The maximum absolute atomic E-state index is 14.4. The van der Waals surface area contributed by atoms with E-state index in [0.717, 1.165) is 31.9 Å². The molecule has 11 nitrogen and oxygen atoms in total. The van der Waals surface area contributed by atoms with Crippen LogP contribution in [-0.4, -0.2) is 53.4 Å². The lowest BCUT2D eigenvalue weighted by molar-refractivity contribution is -0.120. The summed E-state index contributed by atoms with van der Waals surface area (Å²) < 4.78 is 26.8. The van der Waals surface area contributed by atoms with Gasteiger partial charge in [-0.3, -0.25) is 23.5 Å². The Kier molecular flexibility index (Phi) is 8.12. The number of nitrogens with one attached hydrogen (secondary N) is 2. The van der Waals surface area contributed by atoms with Gasteiger partial charge in [0.1, 0.15) is 18.2 Å². The summed E-state index contributed by atoms with van der Waals surface area (Å²) in [6.07, 6.45) is 3.79. The number of benzene rings is 2. The summed E-state index contributed by atoms with van der Waals surface area (Å²) in [6.45, 7) is -0.538. The SMILES string of the molecule is COCC(COC)n1c(=O)c(-c2cccc(F)c2Cl)cn(CC(=O)Nc2ccc3c(c2)C[C@@]2(C3)C(=O)Nc3ncccc32)c1=O. The Hall–Kier alpha value is -4.65. The second-order valence-electron chi connectivity index (χ2n) is 11.1. The normalized spacial score (nSPS) is 16.6. The molecule has 0 bridgehead atoms. The highest BCUT2D eigenvalue weighted by molar-refractivity contribution is 6.33. The van der Waals surface area contributed by atoms with Crippen molar-refractivity contribution in [2.45, 2.75) is 30.8 Å². The van der Waals surface area contributed by atoms with Gasteiger partial charge in [-0.1, -0.05) is 35.9 Å². The Balaban J connectivity index is 1.31. The molecule has 4 aromatic rings. The van der Waals surface area contributed by atoms with E-state index in [9.17, 15) is 23.6 Å². The summed E-state index contributed by atoms with van der Waals surface area (Å²) in [5.41, 5.74) is 0.954. The molecule has 0 saturated carbocycles. The number of ether oxygens (including phenoxy) is 2. The molecule has 232 valence electrons. The molecule has 1 spiro atoms. The van der Waals surface area contributed by atoms with Gasteiger partial charge in [0.15, 0.2) is 0 Å². The molecule has 45 heavy (non-hydrogen) atoms. The number of anilines is 2. The average Bonchev–Trinajstić information content (AvgIpc) is 3.53. The topological polar surface area (TPSA) is 134 Å². The van der Waals surface area contributed by atoms with Crippen molar-refractivity contribution in [3.05, 3.63) is 109 Å². The minimum Gasteiger partial charge on any atom is -0.382 e. The van der Waals surface area contributed by atoms with Crippen molar-refractivity contribution in [3.63, 3.8) is 0 Å². The molecule has 0 saturated heterocycles. The van der Waals surface area contributed by atoms with E-state index in [4.69, 9.17) is 21.1 Å². The van der Waals surface area contributed by atoms with Gasteiger partial charge in [-0.05, 0) is 48.2 Å². The quantitative estimate of drug-likeness (QED) is 0.289. The Morgan fingerprint density at radius 1 is 1.07 bits per heavy atom. The first-order valence-corrected chi connectivity index (χ1v) is 14.5. The zero-order valence-electron chi connectivity index (χ0n) is 24.4. The van der Waals surface area contributed by atoms with E-state index in [0.29, 0.717) is 24.3 Å². The second-order valence-corrected chi connectivity index (χ2v) is 11.5. The molecular weight excluding hydrogens is 605 g/mol. The van der Waals surface area contributed by atoms with Gasteiger partial charge in [0, 0.05) is 43.4 Å². The van der Waals surface area contributed by atoms with E-state index in [2.05, 4.69) is 15.6 Å². The molecule has 2 aromatic carbocycles. The van der Waals surface area contributed by atoms with Crippen molar-refractivity contribution in [1.29, 1.82) is 0 Å². The van der Waals surface area contributed by atoms with Crippen LogP contribution in [0.5, 0.6) is 0 Å². The van der Waals surface area contributed by atoms with Gasteiger partial charge >= 0.3 is 5.69 Å². The van der Waals surface area contributed by atoms with Crippen molar-refractivity contribution in [2.24, 2.45) is 0 Å². The number of amides is 2. The molecule has 1 aliphatic carbocycles. The van der Waals surface area contributed by atoms with Gasteiger partial charge < -0.3 is 20.1 Å². The predicted molar refractivity (Wildman–Crippen MR) is 165 cm³/mol. The third-order valence-electron chi connectivity index (χ3n) is 8.29. The van der Waals surface area contributed by atoms with Gasteiger partial charge in [-0.15, -0.1) is 0 Å². The van der Waals surface area contributed by atoms with Crippen molar-refractivity contribution in [2.75, 3.05) is 38.1 Å². The molecule has 2 aliphatic rings. The maximum Gasteiger partial charge on any atom is 0.331 e. The molecule has 6 rings (SSSR count). The van der Waals surface area contributed by atoms with Crippen LogP contribution in [0, 0.1) is 5.82 Å². The van der Waals surface area contributed by atoms with Crippen molar-refractivity contribution in [1.82, 2.24) is 14.1 Å². The van der Waals surface area contributed by atoms with E-state index in [1.165, 1.54) is 32.5 Å². The van der Waals surface area contributed by atoms with Crippen molar-refractivity contribution < 1.29 is 23.5 Å². The molecule has 1 aliphatic heterocycles. The summed E-state index contributed by atoms with van der Waals surface area (Å²) in [4.78, 5) is 57.9. The van der Waals surface area contributed by atoms with Crippen LogP contribution in [-0.2, 0) is 43.9 Å². The minimum atomic E-state index is -0.834. The molecule has 2 amide bonds. The predicted octanol–water partition coefficient (Wildman–Crippen LogP) is 3.33. The first-order chi connectivity index (χ1) is 21.7. The molecule has 13 heteroatoms. The molecule has 0 unspecified atom stereocenters. The highest BCUT2D eigenvalue weighted by Gasteiger charge is 2.51. The second kappa shape index (κ2) is 12.0. The third kappa shape index (κ3) is 5.34. The number of fused-ring (bicyclic) bond motifs is 3. The number of hydrogen-bond donors (Lipinski definition) is 2. The summed E-state index contributed by atoms with van der Waals surface area (Å²) in [7, 11) is 2.83. The fourth-order valence-corrected chi connectivity index (χ4v) is 6.46. The number of aromatic nitrogens is 3. The van der Waals surface area contributed by atoms with Crippen LogP contribution in [0.1, 0.15) is 22.7 Å². The molecule has 3 heterocycles. The first-order valence-electron chi connectivity index (χ1n) is 14.1. The van der Waals surface area contributed by atoms with Crippen LogP contribution in [0.4, 0.5) is 15.9 Å². The standard InChI is InChI=1S/C32H29ClFN5O6/c1-44-16-21(17-45-2)39-29(41)23(22-5-3-7-25(34)27(22)33)14-38(31(39)43)15-26(40)36-20-9-8-18-12-32(13-19(18)11-20)24-6-4-10-35-28(24)37-30(32)42/h3-11,14,21H,12-13,15-17H2,1-2H3,(H,36,40)(H,35,37,42)/t32-/m1/s1. The zero-order chi connectivity index (χ0) is 31.9. The number of carbonyl (C=O) groups excluding carboxylic acids is 2. The summed E-state index contributed by atoms with van der Waals surface area (Å²) in [5.74, 6) is -0.835. The number of rotatable bonds is 9. The minimum absolute atomic E-state index is 0.0370. The van der Waals surface area contributed by atoms with Gasteiger partial charge in [0.05, 0.1) is 35.3 Å². The largest absolute Gasteiger partial charge is 0.382 e. The summed E-state index contributed by atoms with van der Waals surface area (Å²) in [5, 5.41) is 5.40. The van der Waals surface area contributed by atoms with Crippen LogP contribution in [0.3, 0.4) is 0 Å². The Labute approximate surface area is 261 Å². The Bertz CT molecular complexity index is 1950. The molecule has 1 atom stereocenters. The number of pyridine rings is 1. The lowest BCUT2D eigenvalue weighted by atomic mass is 9.79. The number of halogens is 2. The summed E-state index contributed by atoms with van der Waals surface area (Å²) >= 11 is 6.22. The number of carbonyl (C=O) groups is 2. The number of methoxy groups -OCH3 is 2. The highest BCUT2D eigenvalue weighted by atomic mass is 35.5. The first kappa shape index (κ1) is 30.4. The molecule has 2 N–H and O–H groups in total. The smallest absolute Gasteiger partial charge is 0.331 e. The Morgan fingerprint density at radius 3 is 2.58 bits per heavy atom. The van der Waals surface area contributed by atoms with Crippen LogP contribution in [0.2, 0.25) is 5.02 Å². The van der Waals surface area contributed by atoms with Crippen molar-refractivity contribution >= 4 is 34.9 Å². The van der Waals surface area contributed by atoms with Crippen LogP contribution in [0.25, 0.3) is 11.1 Å². The van der Waals surface area contributed by atoms with E-state index in [1.54, 1.807) is 18.3 Å². The van der Waals surface area contributed by atoms with Gasteiger partial charge in [0.2, 0.25) is 11.8 Å². The lowest BCUT2D eigenvalue weighted by Gasteiger charge is -2.20. The highest BCUT2D eigenvalue weighted by Crippen LogP contribution is 2.47. The number of hydrogen-bond acceptors (Lipinski definition) is 7. The zero-order valence-corrected chi connectivity index (χ0v) is 25.2. The third-order valence-corrected chi connectivity index (χ3v) is 8.67. The molecule has 0 fully saturated rings. The fourth-order valence-electron chi connectivity index (χ4n) is 6.24. The van der Waals surface area contributed by atoms with Crippen LogP contribution >= 0.6 is 11.6 Å². The lowest BCUT2D eigenvalue weighted by Crippen LogP contribution is -2.46. The monoisotopic (exact) mass is 633 g/mol. The summed E-state index contributed by atoms with van der Waals surface area (Å²) in [6, 6.07) is 12.3. The number of nitrogens with zero attached hydrogens (tertiary/aromatic N) is 3. The molecule has 0 radical (unpaired) electrons. The maximum atomic E-state index is 14.4. The average molecular weight is 634 g/mol. The molecular formula is C32H29ClFN5O6. The van der Waals surface area contributed by atoms with Gasteiger partial charge in [-0.25, -0.2) is 14.2 Å². The fraction of sp³-hybridized carbons (Fsp3) is 0.281. The Morgan fingerprint density at radius 2 is 1.82 bits per heavy atom. The van der Waals surface area contributed by atoms with Gasteiger partial charge in [0.25, 0.3) is 5.56 Å². The van der Waals surface area contributed by atoms with Crippen LogP contribution < -0.4 is 21.9 Å².